The number of nitrogens with zero attached hydrogens (tertiary/aromatic N) is 3. The smallest absolute Gasteiger partial charge is 0.0744 e. The maximum Gasteiger partial charge on any atom is 0.0744 e. The molecule has 0 aliphatic rings. The van der Waals surface area contributed by atoms with Gasteiger partial charge in [-0.1, -0.05) is 18.2 Å². The summed E-state index contributed by atoms with van der Waals surface area (Å²) in [7, 11) is 0. The van der Waals surface area contributed by atoms with Crippen LogP contribution in [0.4, 0.5) is 0 Å². The van der Waals surface area contributed by atoms with Crippen LogP contribution in [0.3, 0.4) is 0 Å². The molecule has 0 radical (unpaired) electrons. The van der Waals surface area contributed by atoms with Crippen molar-refractivity contribution in [1.29, 1.82) is 0 Å². The molecule has 0 aliphatic carbocycles. The molecule has 0 atom stereocenters. The summed E-state index contributed by atoms with van der Waals surface area (Å²) in [5, 5.41) is 8.40. The van der Waals surface area contributed by atoms with Crippen molar-refractivity contribution in [2.24, 2.45) is 0 Å². The Bertz CT molecular complexity index is 901. The van der Waals surface area contributed by atoms with Crippen molar-refractivity contribution >= 4 is 10.9 Å². The molecule has 0 saturated heterocycles. The Morgan fingerprint density at radius 2 is 1.65 bits per heavy atom. The Hall–Kier alpha value is -3.09. The van der Waals surface area contributed by atoms with Crippen LogP contribution in [0, 0.1) is 0 Å². The molecule has 4 rings (SSSR count). The minimum Gasteiger partial charge on any atom is -0.412 e. The summed E-state index contributed by atoms with van der Waals surface area (Å²) in [5.41, 5.74) is 5.15. The molecule has 0 amide bonds. The van der Waals surface area contributed by atoms with Crippen molar-refractivity contribution < 1.29 is 11.0 Å². The number of hydrogen-bond acceptors (Lipinski definition) is 3. The third-order valence-electron chi connectivity index (χ3n) is 3.53. The zero-order valence-electron chi connectivity index (χ0n) is 12.2. The van der Waals surface area contributed by atoms with Crippen LogP contribution in [-0.2, 0) is 0 Å². The van der Waals surface area contributed by atoms with Gasteiger partial charge in [-0.15, -0.1) is 0 Å². The van der Waals surface area contributed by atoms with Crippen LogP contribution < -0.4 is 0 Å². The second-order valence-corrected chi connectivity index (χ2v) is 4.78. The highest BCUT2D eigenvalue weighted by atomic mass is 16.0. The van der Waals surface area contributed by atoms with Gasteiger partial charge in [0.15, 0.2) is 0 Å². The molecule has 6 heteroatoms. The van der Waals surface area contributed by atoms with Gasteiger partial charge in [-0.05, 0) is 29.8 Å². The predicted octanol–water partition coefficient (Wildman–Crippen LogP) is 2.04. The van der Waals surface area contributed by atoms with Crippen molar-refractivity contribution in [2.75, 3.05) is 0 Å². The fourth-order valence-corrected chi connectivity index (χ4v) is 2.55. The molecule has 1 aromatic carbocycles. The Morgan fingerprint density at radius 1 is 0.783 bits per heavy atom. The Kier molecular flexibility index (Phi) is 4.80. The van der Waals surface area contributed by atoms with E-state index in [4.69, 9.17) is 0 Å². The molecule has 0 unspecified atom stereocenters. The average molecular weight is 308 g/mol. The highest BCUT2D eigenvalue weighted by Crippen LogP contribution is 2.33. The lowest BCUT2D eigenvalue weighted by Gasteiger charge is -2.06. The zero-order chi connectivity index (χ0) is 14.1. The first-order valence-electron chi connectivity index (χ1n) is 6.71. The average Bonchev–Trinajstić information content (AvgIpc) is 3.04. The van der Waals surface area contributed by atoms with Gasteiger partial charge < -0.3 is 11.0 Å². The lowest BCUT2D eigenvalue weighted by atomic mass is 9.99. The maximum atomic E-state index is 4.41. The van der Waals surface area contributed by atoms with Crippen molar-refractivity contribution in [2.45, 2.75) is 0 Å². The molecular weight excluding hydrogens is 292 g/mol. The number of aromatic amines is 1. The molecule has 23 heavy (non-hydrogen) atoms. The van der Waals surface area contributed by atoms with Crippen LogP contribution in [0.15, 0.2) is 67.3 Å². The first kappa shape index (κ1) is 16.3. The van der Waals surface area contributed by atoms with Crippen LogP contribution in [0.5, 0.6) is 0 Å². The van der Waals surface area contributed by atoms with E-state index in [-0.39, 0.29) is 11.0 Å². The fraction of sp³-hybridized carbons (Fsp3) is 0. The molecule has 0 aliphatic heterocycles. The monoisotopic (exact) mass is 308 g/mol. The van der Waals surface area contributed by atoms with E-state index >= 15 is 0 Å². The third-order valence-corrected chi connectivity index (χ3v) is 3.53. The molecule has 0 fully saturated rings. The third kappa shape index (κ3) is 2.80. The fourth-order valence-electron chi connectivity index (χ4n) is 2.55. The lowest BCUT2D eigenvalue weighted by Crippen LogP contribution is -1.86. The summed E-state index contributed by atoms with van der Waals surface area (Å²) in [6.45, 7) is 0. The van der Waals surface area contributed by atoms with Gasteiger partial charge in [0.1, 0.15) is 0 Å². The number of aromatic nitrogens is 4. The maximum absolute atomic E-state index is 4.41. The Balaban J connectivity index is 0.000000960. The van der Waals surface area contributed by atoms with E-state index in [0.29, 0.717) is 0 Å². The Morgan fingerprint density at radius 3 is 2.48 bits per heavy atom. The summed E-state index contributed by atoms with van der Waals surface area (Å²) in [6, 6.07) is 14.1. The molecule has 5 N–H and O–H groups in total. The van der Waals surface area contributed by atoms with Gasteiger partial charge in [0.05, 0.1) is 17.4 Å². The Labute approximate surface area is 132 Å². The van der Waals surface area contributed by atoms with Crippen LogP contribution in [0.2, 0.25) is 0 Å². The predicted molar refractivity (Wildman–Crippen MR) is 89.8 cm³/mol. The van der Waals surface area contributed by atoms with Gasteiger partial charge in [0, 0.05) is 35.1 Å². The van der Waals surface area contributed by atoms with Crippen molar-refractivity contribution in [3.05, 3.63) is 67.3 Å². The van der Waals surface area contributed by atoms with Gasteiger partial charge in [0.25, 0.3) is 0 Å². The van der Waals surface area contributed by atoms with Gasteiger partial charge in [-0.2, -0.15) is 5.10 Å². The number of pyridine rings is 2. The highest BCUT2D eigenvalue weighted by Gasteiger charge is 2.12. The molecular formula is C17H16N4O2. The number of benzene rings is 1. The largest absolute Gasteiger partial charge is 0.412 e. The number of rotatable bonds is 2. The normalized spacial score (nSPS) is 9.91. The van der Waals surface area contributed by atoms with E-state index in [2.05, 4.69) is 26.2 Å². The van der Waals surface area contributed by atoms with Crippen molar-refractivity contribution in [3.8, 4) is 22.4 Å². The minimum atomic E-state index is 0. The summed E-state index contributed by atoms with van der Waals surface area (Å²) < 4.78 is 0. The summed E-state index contributed by atoms with van der Waals surface area (Å²) in [5.74, 6) is 0. The first-order chi connectivity index (χ1) is 10.4. The topological polar surface area (TPSA) is 117 Å². The van der Waals surface area contributed by atoms with Gasteiger partial charge in [0.2, 0.25) is 0 Å². The molecule has 0 spiro atoms. The number of H-pyrrole nitrogens is 1. The highest BCUT2D eigenvalue weighted by molar-refractivity contribution is 5.97. The second-order valence-electron chi connectivity index (χ2n) is 4.78. The van der Waals surface area contributed by atoms with E-state index in [1.54, 1.807) is 6.20 Å². The quantitative estimate of drug-likeness (QED) is 0.610. The van der Waals surface area contributed by atoms with Crippen LogP contribution in [0.1, 0.15) is 0 Å². The zero-order valence-corrected chi connectivity index (χ0v) is 12.2. The molecule has 4 aromatic rings. The van der Waals surface area contributed by atoms with Gasteiger partial charge in [-0.25, -0.2) is 0 Å². The van der Waals surface area contributed by atoms with Gasteiger partial charge in [-0.3, -0.25) is 15.1 Å². The van der Waals surface area contributed by atoms with E-state index < -0.39 is 0 Å². The van der Waals surface area contributed by atoms with E-state index in [1.807, 2.05) is 55.0 Å². The van der Waals surface area contributed by atoms with E-state index in [0.717, 1.165) is 33.3 Å². The second kappa shape index (κ2) is 6.78. The molecule has 0 saturated carbocycles. The number of nitrogens with one attached hydrogen (secondary N) is 1. The van der Waals surface area contributed by atoms with E-state index in [1.165, 1.54) is 0 Å². The molecule has 3 heterocycles. The lowest BCUT2D eigenvalue weighted by molar-refractivity contribution is 0.823. The number of hydrogen-bond donors (Lipinski definition) is 1. The minimum absolute atomic E-state index is 0. The van der Waals surface area contributed by atoms with Crippen molar-refractivity contribution in [1.82, 2.24) is 20.2 Å². The summed E-state index contributed by atoms with van der Waals surface area (Å²) in [4.78, 5) is 8.59. The van der Waals surface area contributed by atoms with Crippen molar-refractivity contribution in [3.63, 3.8) is 0 Å². The van der Waals surface area contributed by atoms with Gasteiger partial charge >= 0.3 is 0 Å². The SMILES string of the molecule is O.O.c1cncc(-c2[nH]ncc2-c2ccnc3ccccc23)c1. The number of para-hydroxylation sites is 1. The molecule has 0 bridgehead atoms. The first-order valence-corrected chi connectivity index (χ1v) is 6.71. The van der Waals surface area contributed by atoms with E-state index in [9.17, 15) is 0 Å². The van der Waals surface area contributed by atoms with Crippen LogP contribution in [0.25, 0.3) is 33.3 Å². The summed E-state index contributed by atoms with van der Waals surface area (Å²) >= 11 is 0. The van der Waals surface area contributed by atoms with Crippen LogP contribution >= 0.6 is 0 Å². The summed E-state index contributed by atoms with van der Waals surface area (Å²) in [6.07, 6.45) is 7.28. The standard InChI is InChI=1S/C17H12N4.2H2O/c1-2-6-16-14(5-1)13(7-9-19-16)15-11-20-21-17(15)12-4-3-8-18-10-12;;/h1-11H,(H,20,21);2*1H2. The van der Waals surface area contributed by atoms with Crippen LogP contribution in [-0.4, -0.2) is 31.1 Å². The molecule has 3 aromatic heterocycles. The molecule has 116 valence electrons. The number of fused-ring (bicyclic) bond motifs is 1. The molecule has 6 nitrogen and oxygen atoms in total.